The van der Waals surface area contributed by atoms with E-state index in [9.17, 15) is 4.79 Å². The van der Waals surface area contributed by atoms with Crippen molar-refractivity contribution in [1.29, 1.82) is 0 Å². The van der Waals surface area contributed by atoms with Gasteiger partial charge in [0.1, 0.15) is 17.4 Å². The number of hydrogen-bond donors (Lipinski definition) is 0. The molecule has 0 spiro atoms. The van der Waals surface area contributed by atoms with Crippen molar-refractivity contribution in [2.45, 2.75) is 51.7 Å². The number of nitrogens with zero attached hydrogens (tertiary/aromatic N) is 3. The van der Waals surface area contributed by atoms with E-state index in [0.29, 0.717) is 24.7 Å². The quantitative estimate of drug-likeness (QED) is 0.647. The number of Topliss-reactive ketones (excluding diaryl/α,β-unsaturated/α-hetero) is 1. The molecule has 1 aromatic carbocycles. The Hall–Kier alpha value is -1.82. The fourth-order valence-corrected chi connectivity index (χ4v) is 3.29. The molecule has 130 valence electrons. The zero-order valence-electron chi connectivity index (χ0n) is 14.8. The van der Waals surface area contributed by atoms with Crippen molar-refractivity contribution < 1.29 is 9.53 Å². The highest BCUT2D eigenvalue weighted by Gasteiger charge is 2.15. The predicted molar refractivity (Wildman–Crippen MR) is 96.8 cm³/mol. The highest BCUT2D eigenvalue weighted by molar-refractivity contribution is 7.99. The van der Waals surface area contributed by atoms with Crippen molar-refractivity contribution in [2.75, 3.05) is 12.4 Å². The van der Waals surface area contributed by atoms with Crippen LogP contribution in [0.5, 0.6) is 5.75 Å². The first-order chi connectivity index (χ1) is 11.5. The van der Waals surface area contributed by atoms with Crippen LogP contribution in [-0.4, -0.2) is 32.9 Å². The minimum atomic E-state index is 0.181. The van der Waals surface area contributed by atoms with Gasteiger partial charge in [-0.05, 0) is 31.5 Å². The maximum atomic E-state index is 12.2. The third-order valence-corrected chi connectivity index (χ3v) is 4.60. The molecule has 24 heavy (non-hydrogen) atoms. The van der Waals surface area contributed by atoms with Crippen molar-refractivity contribution in [3.63, 3.8) is 0 Å². The summed E-state index contributed by atoms with van der Waals surface area (Å²) in [6.07, 6.45) is 0.427. The Labute approximate surface area is 147 Å². The van der Waals surface area contributed by atoms with Gasteiger partial charge in [-0.2, -0.15) is 0 Å². The van der Waals surface area contributed by atoms with Gasteiger partial charge >= 0.3 is 0 Å². The molecule has 0 aliphatic carbocycles. The first-order valence-electron chi connectivity index (χ1n) is 8.34. The third kappa shape index (κ3) is 4.84. The van der Waals surface area contributed by atoms with Crippen LogP contribution in [-0.2, 0) is 17.8 Å². The van der Waals surface area contributed by atoms with Crippen LogP contribution in [0, 0.1) is 0 Å². The first kappa shape index (κ1) is 18.5. The number of hydrogen-bond acceptors (Lipinski definition) is 5. The number of aromatic nitrogens is 3. The van der Waals surface area contributed by atoms with E-state index in [0.717, 1.165) is 28.8 Å². The van der Waals surface area contributed by atoms with Gasteiger partial charge in [0.2, 0.25) is 0 Å². The van der Waals surface area contributed by atoms with Crippen LogP contribution < -0.4 is 4.74 Å². The Morgan fingerprint density at radius 1 is 1.21 bits per heavy atom. The fourth-order valence-electron chi connectivity index (χ4n) is 2.43. The summed E-state index contributed by atoms with van der Waals surface area (Å²) in [6, 6.07) is 7.70. The summed E-state index contributed by atoms with van der Waals surface area (Å²) in [6.45, 7) is 9.68. The zero-order chi connectivity index (χ0) is 17.5. The molecule has 0 radical (unpaired) electrons. The molecule has 1 heterocycles. The van der Waals surface area contributed by atoms with Gasteiger partial charge in [-0.1, -0.05) is 37.7 Å². The molecule has 0 N–H and O–H groups in total. The lowest BCUT2D eigenvalue weighted by molar-refractivity contribution is -0.116. The van der Waals surface area contributed by atoms with Gasteiger partial charge in [-0.15, -0.1) is 10.2 Å². The monoisotopic (exact) mass is 347 g/mol. The van der Waals surface area contributed by atoms with Crippen molar-refractivity contribution in [3.05, 3.63) is 35.7 Å². The molecule has 5 nitrogen and oxygen atoms in total. The second-order valence-corrected chi connectivity index (χ2v) is 6.76. The summed E-state index contributed by atoms with van der Waals surface area (Å²) >= 11 is 1.46. The van der Waals surface area contributed by atoms with E-state index in [1.807, 2.05) is 31.2 Å². The van der Waals surface area contributed by atoms with Gasteiger partial charge in [0, 0.05) is 18.9 Å². The number of thioether (sulfide) groups is 1. The maximum Gasteiger partial charge on any atom is 0.191 e. The Bertz CT molecular complexity index is 665. The highest BCUT2D eigenvalue weighted by atomic mass is 32.2. The molecule has 2 rings (SSSR count). The molecule has 0 atom stereocenters. The van der Waals surface area contributed by atoms with Crippen LogP contribution in [0.3, 0.4) is 0 Å². The molecule has 0 saturated carbocycles. The second kappa shape index (κ2) is 8.87. The average Bonchev–Trinajstić information content (AvgIpc) is 2.98. The number of rotatable bonds is 9. The SMILES string of the molecule is CCOc1ccc(CC(=O)CSc2nnc(C(C)C)n2CC)cc1. The molecule has 1 aromatic heterocycles. The van der Waals surface area contributed by atoms with E-state index < -0.39 is 0 Å². The smallest absolute Gasteiger partial charge is 0.191 e. The number of carbonyl (C=O) groups excluding carboxylic acids is 1. The third-order valence-electron chi connectivity index (χ3n) is 3.58. The van der Waals surface area contributed by atoms with Gasteiger partial charge in [-0.25, -0.2) is 0 Å². The zero-order valence-corrected chi connectivity index (χ0v) is 15.6. The summed E-state index contributed by atoms with van der Waals surface area (Å²) in [5.41, 5.74) is 1.00. The minimum Gasteiger partial charge on any atom is -0.494 e. The lowest BCUT2D eigenvalue weighted by atomic mass is 10.1. The lowest BCUT2D eigenvalue weighted by Crippen LogP contribution is -2.08. The van der Waals surface area contributed by atoms with Crippen LogP contribution in [0.25, 0.3) is 0 Å². The van der Waals surface area contributed by atoms with Crippen LogP contribution in [0.15, 0.2) is 29.4 Å². The van der Waals surface area contributed by atoms with E-state index in [-0.39, 0.29) is 5.78 Å². The number of benzene rings is 1. The Kier molecular flexibility index (Phi) is 6.85. The van der Waals surface area contributed by atoms with E-state index in [1.165, 1.54) is 11.8 Å². The second-order valence-electron chi connectivity index (χ2n) is 5.82. The predicted octanol–water partition coefficient (Wildman–Crippen LogP) is 3.72. The van der Waals surface area contributed by atoms with Crippen LogP contribution >= 0.6 is 11.8 Å². The summed E-state index contributed by atoms with van der Waals surface area (Å²) in [5.74, 6) is 2.72. The Morgan fingerprint density at radius 2 is 1.92 bits per heavy atom. The van der Waals surface area contributed by atoms with Crippen molar-refractivity contribution in [2.24, 2.45) is 0 Å². The molecule has 0 aliphatic rings. The first-order valence-corrected chi connectivity index (χ1v) is 9.33. The van der Waals surface area contributed by atoms with E-state index >= 15 is 0 Å². The van der Waals surface area contributed by atoms with Gasteiger partial charge in [-0.3, -0.25) is 4.79 Å². The maximum absolute atomic E-state index is 12.2. The largest absolute Gasteiger partial charge is 0.494 e. The van der Waals surface area contributed by atoms with Gasteiger partial charge < -0.3 is 9.30 Å². The standard InChI is InChI=1S/C18H25N3O2S/c1-5-21-17(13(3)4)19-20-18(21)24-12-15(22)11-14-7-9-16(10-8-14)23-6-2/h7-10,13H,5-6,11-12H2,1-4H3. The van der Waals surface area contributed by atoms with Crippen molar-refractivity contribution in [1.82, 2.24) is 14.8 Å². The fraction of sp³-hybridized carbons (Fsp3) is 0.500. The number of carbonyl (C=O) groups is 1. The molecule has 0 amide bonds. The molecule has 0 fully saturated rings. The average molecular weight is 347 g/mol. The van der Waals surface area contributed by atoms with Crippen LogP contribution in [0.1, 0.15) is 45.0 Å². The van der Waals surface area contributed by atoms with Crippen LogP contribution in [0.2, 0.25) is 0 Å². The van der Waals surface area contributed by atoms with E-state index in [4.69, 9.17) is 4.74 Å². The summed E-state index contributed by atoms with van der Waals surface area (Å²) in [4.78, 5) is 12.2. The van der Waals surface area contributed by atoms with Crippen LogP contribution in [0.4, 0.5) is 0 Å². The highest BCUT2D eigenvalue weighted by Crippen LogP contribution is 2.22. The summed E-state index contributed by atoms with van der Waals surface area (Å²) < 4.78 is 7.49. The lowest BCUT2D eigenvalue weighted by Gasteiger charge is -2.09. The summed E-state index contributed by atoms with van der Waals surface area (Å²) in [7, 11) is 0. The Morgan fingerprint density at radius 3 is 2.50 bits per heavy atom. The van der Waals surface area contributed by atoms with E-state index in [1.54, 1.807) is 0 Å². The number of ether oxygens (including phenoxy) is 1. The molecular formula is C18H25N3O2S. The van der Waals surface area contributed by atoms with Crippen molar-refractivity contribution >= 4 is 17.5 Å². The molecular weight excluding hydrogens is 322 g/mol. The molecule has 6 heteroatoms. The van der Waals surface area contributed by atoms with Gasteiger partial charge in [0.25, 0.3) is 0 Å². The molecule has 0 aliphatic heterocycles. The molecule has 0 unspecified atom stereocenters. The van der Waals surface area contributed by atoms with Crippen molar-refractivity contribution in [3.8, 4) is 5.75 Å². The number of ketones is 1. The van der Waals surface area contributed by atoms with E-state index in [2.05, 4.69) is 35.5 Å². The molecule has 2 aromatic rings. The topological polar surface area (TPSA) is 57.0 Å². The van der Waals surface area contributed by atoms with Gasteiger partial charge in [0.05, 0.1) is 12.4 Å². The van der Waals surface area contributed by atoms with Gasteiger partial charge in [0.15, 0.2) is 5.16 Å². The molecule has 0 saturated heterocycles. The Balaban J connectivity index is 1.91. The normalized spacial score (nSPS) is 11.0. The molecule has 0 bridgehead atoms. The summed E-state index contributed by atoms with van der Waals surface area (Å²) in [5, 5.41) is 9.29. The minimum absolute atomic E-state index is 0.181.